The van der Waals surface area contributed by atoms with Gasteiger partial charge in [-0.15, -0.1) is 0 Å². The molecule has 0 heterocycles. The molecular weight excluding hydrogens is 232 g/mol. The predicted octanol–water partition coefficient (Wildman–Crippen LogP) is -0.109. The topological polar surface area (TPSA) is 87.5 Å². The van der Waals surface area contributed by atoms with E-state index in [4.69, 9.17) is 5.73 Å². The van der Waals surface area contributed by atoms with Gasteiger partial charge in [0, 0.05) is 19.1 Å². The van der Waals surface area contributed by atoms with Crippen LogP contribution >= 0.6 is 0 Å². The lowest BCUT2D eigenvalue weighted by Crippen LogP contribution is -2.48. The number of hydrogen-bond donors (Lipinski definition) is 3. The van der Waals surface area contributed by atoms with Crippen molar-refractivity contribution < 1.29 is 9.59 Å². The average molecular weight is 256 g/mol. The van der Waals surface area contributed by atoms with E-state index in [0.717, 1.165) is 6.42 Å². The highest BCUT2D eigenvalue weighted by atomic mass is 16.2. The Morgan fingerprint density at radius 3 is 2.61 bits per heavy atom. The summed E-state index contributed by atoms with van der Waals surface area (Å²) in [5.74, 6) is 0.326. The fourth-order valence-corrected chi connectivity index (χ4v) is 2.01. The van der Waals surface area contributed by atoms with Crippen LogP contribution in [0.25, 0.3) is 0 Å². The first-order valence-corrected chi connectivity index (χ1v) is 6.56. The molecule has 104 valence electrons. The largest absolute Gasteiger partial charge is 0.338 e. The van der Waals surface area contributed by atoms with Gasteiger partial charge in [0.05, 0.1) is 6.54 Å². The summed E-state index contributed by atoms with van der Waals surface area (Å²) in [6.07, 6.45) is 3.22. The molecule has 0 spiro atoms. The second kappa shape index (κ2) is 7.33. The van der Waals surface area contributed by atoms with Crippen molar-refractivity contribution in [1.29, 1.82) is 0 Å². The van der Waals surface area contributed by atoms with Gasteiger partial charge in [-0.05, 0) is 32.2 Å². The van der Waals surface area contributed by atoms with Gasteiger partial charge in [-0.25, -0.2) is 4.79 Å². The number of nitrogens with zero attached hydrogens (tertiary/aromatic N) is 1. The van der Waals surface area contributed by atoms with E-state index in [1.807, 2.05) is 18.9 Å². The van der Waals surface area contributed by atoms with Crippen LogP contribution in [0.15, 0.2) is 0 Å². The number of imide groups is 1. The minimum atomic E-state index is -0.425. The minimum Gasteiger partial charge on any atom is -0.338 e. The highest BCUT2D eigenvalue weighted by Gasteiger charge is 2.33. The molecule has 18 heavy (non-hydrogen) atoms. The van der Waals surface area contributed by atoms with E-state index in [0.29, 0.717) is 19.0 Å². The van der Waals surface area contributed by atoms with Crippen molar-refractivity contribution in [3.05, 3.63) is 0 Å². The van der Waals surface area contributed by atoms with Crippen LogP contribution in [0.5, 0.6) is 0 Å². The maximum Gasteiger partial charge on any atom is 0.321 e. The Bertz CT molecular complexity index is 292. The minimum absolute atomic E-state index is 0.206. The molecule has 0 aliphatic heterocycles. The van der Waals surface area contributed by atoms with Crippen molar-refractivity contribution in [3.8, 4) is 0 Å². The second-order valence-corrected chi connectivity index (χ2v) is 4.86. The fraction of sp³-hybridized carbons (Fsp3) is 0.833. The zero-order valence-electron chi connectivity index (χ0n) is 11.2. The van der Waals surface area contributed by atoms with E-state index < -0.39 is 6.03 Å². The average Bonchev–Trinajstić information content (AvgIpc) is 3.11. The summed E-state index contributed by atoms with van der Waals surface area (Å²) in [6.45, 7) is 3.29. The summed E-state index contributed by atoms with van der Waals surface area (Å²) < 4.78 is 0. The summed E-state index contributed by atoms with van der Waals surface area (Å²) in [7, 11) is 1.87. The van der Waals surface area contributed by atoms with Crippen LogP contribution in [0, 0.1) is 5.92 Å². The van der Waals surface area contributed by atoms with Gasteiger partial charge in [0.25, 0.3) is 0 Å². The van der Waals surface area contributed by atoms with E-state index in [-0.39, 0.29) is 18.5 Å². The fourth-order valence-electron chi connectivity index (χ4n) is 2.01. The number of hydrogen-bond acceptors (Lipinski definition) is 4. The van der Waals surface area contributed by atoms with Gasteiger partial charge in [-0.2, -0.15) is 0 Å². The molecule has 6 heteroatoms. The standard InChI is InChI=1S/C12H24N4O2/c1-3-6-14-12(18)15-11(17)8-16(2)10(7-13)9-4-5-9/h9-10H,3-8,13H2,1-2H3,(H2,14,15,17,18). The summed E-state index contributed by atoms with van der Waals surface area (Å²) in [4.78, 5) is 24.9. The third-order valence-electron chi connectivity index (χ3n) is 3.16. The molecule has 1 atom stereocenters. The highest BCUT2D eigenvalue weighted by molar-refractivity contribution is 5.95. The van der Waals surface area contributed by atoms with E-state index in [1.165, 1.54) is 12.8 Å². The molecular formula is C12H24N4O2. The number of rotatable bonds is 7. The molecule has 3 amide bonds. The summed E-state index contributed by atoms with van der Waals surface area (Å²) >= 11 is 0. The van der Waals surface area contributed by atoms with Crippen LogP contribution in [-0.4, -0.2) is 49.6 Å². The van der Waals surface area contributed by atoms with Crippen LogP contribution in [0.3, 0.4) is 0 Å². The molecule has 1 aliphatic rings. The van der Waals surface area contributed by atoms with Gasteiger partial charge in [0.2, 0.25) is 5.91 Å². The molecule has 0 aromatic carbocycles. The Morgan fingerprint density at radius 1 is 1.44 bits per heavy atom. The summed E-state index contributed by atoms with van der Waals surface area (Å²) in [5.41, 5.74) is 5.70. The Hall–Kier alpha value is -1.14. The van der Waals surface area contributed by atoms with Gasteiger partial charge in [-0.3, -0.25) is 15.0 Å². The second-order valence-electron chi connectivity index (χ2n) is 4.86. The van der Waals surface area contributed by atoms with Gasteiger partial charge in [0.1, 0.15) is 0 Å². The van der Waals surface area contributed by atoms with Crippen molar-refractivity contribution in [2.75, 3.05) is 26.7 Å². The van der Waals surface area contributed by atoms with Crippen molar-refractivity contribution in [2.45, 2.75) is 32.2 Å². The number of carbonyl (C=O) groups excluding carboxylic acids is 2. The monoisotopic (exact) mass is 256 g/mol. The lowest BCUT2D eigenvalue weighted by molar-refractivity contribution is -0.121. The molecule has 0 bridgehead atoms. The Morgan fingerprint density at radius 2 is 2.11 bits per heavy atom. The number of urea groups is 1. The van der Waals surface area contributed by atoms with Crippen molar-refractivity contribution in [2.24, 2.45) is 11.7 Å². The first kappa shape index (κ1) is 14.9. The first-order valence-electron chi connectivity index (χ1n) is 6.56. The molecule has 1 fully saturated rings. The SMILES string of the molecule is CCCNC(=O)NC(=O)CN(C)C(CN)C1CC1. The van der Waals surface area contributed by atoms with E-state index >= 15 is 0 Å². The maximum absolute atomic E-state index is 11.6. The third-order valence-corrected chi connectivity index (χ3v) is 3.16. The highest BCUT2D eigenvalue weighted by Crippen LogP contribution is 2.34. The Kier molecular flexibility index (Phi) is 6.07. The number of amides is 3. The molecule has 1 aliphatic carbocycles. The van der Waals surface area contributed by atoms with Gasteiger partial charge in [-0.1, -0.05) is 6.92 Å². The third kappa shape index (κ3) is 5.01. The summed E-state index contributed by atoms with van der Waals surface area (Å²) in [5, 5.41) is 4.91. The zero-order valence-corrected chi connectivity index (χ0v) is 11.2. The lowest BCUT2D eigenvalue weighted by atomic mass is 10.1. The molecule has 0 aromatic heterocycles. The van der Waals surface area contributed by atoms with Crippen LogP contribution in [0.2, 0.25) is 0 Å². The van der Waals surface area contributed by atoms with Crippen molar-refractivity contribution in [1.82, 2.24) is 15.5 Å². The first-order chi connectivity index (χ1) is 8.58. The number of carbonyl (C=O) groups is 2. The number of nitrogens with two attached hydrogens (primary N) is 1. The number of nitrogens with one attached hydrogen (secondary N) is 2. The summed E-state index contributed by atoms with van der Waals surface area (Å²) in [6, 6.07) is -0.180. The Balaban J connectivity index is 2.27. The normalized spacial score (nSPS) is 16.4. The molecule has 0 saturated heterocycles. The molecule has 4 N–H and O–H groups in total. The molecule has 0 radical (unpaired) electrons. The molecule has 0 aromatic rings. The van der Waals surface area contributed by atoms with Gasteiger partial charge in [0.15, 0.2) is 0 Å². The van der Waals surface area contributed by atoms with Crippen LogP contribution < -0.4 is 16.4 Å². The smallest absolute Gasteiger partial charge is 0.321 e. The number of likely N-dealkylation sites (N-methyl/N-ethyl adjacent to an activating group) is 1. The maximum atomic E-state index is 11.6. The predicted molar refractivity (Wildman–Crippen MR) is 70.0 cm³/mol. The van der Waals surface area contributed by atoms with Crippen molar-refractivity contribution >= 4 is 11.9 Å². The van der Waals surface area contributed by atoms with Crippen molar-refractivity contribution in [3.63, 3.8) is 0 Å². The van der Waals surface area contributed by atoms with Crippen LogP contribution in [0.4, 0.5) is 4.79 Å². The zero-order chi connectivity index (χ0) is 13.5. The van der Waals surface area contributed by atoms with E-state index in [2.05, 4.69) is 10.6 Å². The molecule has 6 nitrogen and oxygen atoms in total. The van der Waals surface area contributed by atoms with E-state index in [1.54, 1.807) is 0 Å². The Labute approximate surface area is 108 Å². The van der Waals surface area contributed by atoms with Crippen LogP contribution in [0.1, 0.15) is 26.2 Å². The van der Waals surface area contributed by atoms with Gasteiger partial charge >= 0.3 is 6.03 Å². The molecule has 1 rings (SSSR count). The van der Waals surface area contributed by atoms with E-state index in [9.17, 15) is 9.59 Å². The van der Waals surface area contributed by atoms with Gasteiger partial charge < -0.3 is 11.1 Å². The molecule has 1 saturated carbocycles. The van der Waals surface area contributed by atoms with Crippen LogP contribution in [-0.2, 0) is 4.79 Å². The lowest BCUT2D eigenvalue weighted by Gasteiger charge is -2.26. The molecule has 1 unspecified atom stereocenters. The quantitative estimate of drug-likeness (QED) is 0.593.